The van der Waals surface area contributed by atoms with Crippen molar-refractivity contribution in [3.05, 3.63) is 35.5 Å². The van der Waals surface area contributed by atoms with Crippen molar-refractivity contribution in [1.29, 1.82) is 0 Å². The van der Waals surface area contributed by atoms with Gasteiger partial charge in [-0.1, -0.05) is 18.5 Å². The topological polar surface area (TPSA) is 71.1 Å². The van der Waals surface area contributed by atoms with Gasteiger partial charge in [-0.25, -0.2) is 14.4 Å². The monoisotopic (exact) mass is 475 g/mol. The molecule has 3 N–H and O–H groups in total. The van der Waals surface area contributed by atoms with Gasteiger partial charge in [-0.2, -0.15) is 0 Å². The molecule has 0 spiro atoms. The van der Waals surface area contributed by atoms with Crippen molar-refractivity contribution in [2.75, 3.05) is 30.9 Å². The van der Waals surface area contributed by atoms with Crippen LogP contribution >= 0.6 is 11.6 Å². The van der Waals surface area contributed by atoms with E-state index in [2.05, 4.69) is 39.8 Å². The molecule has 2 aliphatic carbocycles. The molecule has 0 aliphatic heterocycles. The van der Waals surface area contributed by atoms with Gasteiger partial charge in [-0.15, -0.1) is 0 Å². The summed E-state index contributed by atoms with van der Waals surface area (Å²) in [5.74, 6) is 0.315. The minimum atomic E-state index is -0.371. The van der Waals surface area contributed by atoms with E-state index in [1.165, 1.54) is 19.0 Å². The third-order valence-corrected chi connectivity index (χ3v) is 7.13. The van der Waals surface area contributed by atoms with Crippen LogP contribution in [0.5, 0.6) is 0 Å². The summed E-state index contributed by atoms with van der Waals surface area (Å²) in [5, 5.41) is 10.9. The first-order valence-electron chi connectivity index (χ1n) is 11.9. The van der Waals surface area contributed by atoms with E-state index >= 15 is 0 Å². The molecule has 2 aromatic heterocycles. The van der Waals surface area contributed by atoms with Crippen molar-refractivity contribution in [2.45, 2.75) is 70.5 Å². The van der Waals surface area contributed by atoms with Gasteiger partial charge in [0.25, 0.3) is 0 Å². The standard InChI is InChI=1S/C25H35ClFN5O/c1-16(14-33-3)31-18-4-6-19(7-5-18)32-23-11-20(21(27)13-28-23)17-10-22(24(26)29-12-17)30-15-25(2)8-9-25/h10-13,16,18-19,30-31H,4-9,14-15H2,1-3H3,(H,28,32). The van der Waals surface area contributed by atoms with Gasteiger partial charge in [0.05, 0.1) is 18.5 Å². The molecule has 0 aromatic carbocycles. The first-order chi connectivity index (χ1) is 15.8. The molecule has 2 saturated carbocycles. The lowest BCUT2D eigenvalue weighted by atomic mass is 9.90. The third-order valence-electron chi connectivity index (χ3n) is 6.83. The molecular formula is C25H35ClFN5O. The van der Waals surface area contributed by atoms with Crippen molar-refractivity contribution in [3.63, 3.8) is 0 Å². The van der Waals surface area contributed by atoms with E-state index in [9.17, 15) is 4.39 Å². The number of ether oxygens (including phenoxy) is 1. The summed E-state index contributed by atoms with van der Waals surface area (Å²) in [6.07, 6.45) is 9.59. The SMILES string of the molecule is COCC(C)NC1CCC(Nc2cc(-c3cnc(Cl)c(NCC4(C)CC4)c3)c(F)cn2)CC1. The van der Waals surface area contributed by atoms with E-state index in [0.29, 0.717) is 45.6 Å². The Hall–Kier alpha value is -1.96. The first-order valence-corrected chi connectivity index (χ1v) is 12.3. The van der Waals surface area contributed by atoms with Crippen molar-refractivity contribution < 1.29 is 9.13 Å². The molecule has 2 heterocycles. The Morgan fingerprint density at radius 3 is 2.58 bits per heavy atom. The number of halogens is 2. The van der Waals surface area contributed by atoms with Crippen LogP contribution in [-0.4, -0.2) is 48.4 Å². The quantitative estimate of drug-likeness (QED) is 0.394. The summed E-state index contributed by atoms with van der Waals surface area (Å²) in [4.78, 5) is 8.57. The van der Waals surface area contributed by atoms with Crippen LogP contribution in [0.15, 0.2) is 24.5 Å². The van der Waals surface area contributed by atoms with Crippen LogP contribution in [0, 0.1) is 11.2 Å². The Morgan fingerprint density at radius 2 is 1.88 bits per heavy atom. The third kappa shape index (κ3) is 6.55. The van der Waals surface area contributed by atoms with Gasteiger partial charge in [0.1, 0.15) is 11.6 Å². The van der Waals surface area contributed by atoms with Crippen LogP contribution in [0.25, 0.3) is 11.1 Å². The maximum absolute atomic E-state index is 14.7. The molecule has 2 aliphatic rings. The number of pyridine rings is 2. The van der Waals surface area contributed by atoms with Crippen molar-refractivity contribution in [3.8, 4) is 11.1 Å². The Balaban J connectivity index is 1.39. The lowest BCUT2D eigenvalue weighted by Crippen LogP contribution is -2.42. The average molecular weight is 476 g/mol. The van der Waals surface area contributed by atoms with Crippen LogP contribution in [0.4, 0.5) is 15.9 Å². The van der Waals surface area contributed by atoms with E-state index in [1.54, 1.807) is 19.4 Å². The maximum atomic E-state index is 14.7. The molecular weight excluding hydrogens is 441 g/mol. The fourth-order valence-corrected chi connectivity index (χ4v) is 4.64. The van der Waals surface area contributed by atoms with Gasteiger partial charge >= 0.3 is 0 Å². The summed E-state index contributed by atoms with van der Waals surface area (Å²) in [6, 6.07) is 4.84. The molecule has 0 amide bonds. The lowest BCUT2D eigenvalue weighted by Gasteiger charge is -2.31. The minimum Gasteiger partial charge on any atom is -0.383 e. The zero-order valence-corrected chi connectivity index (χ0v) is 20.5. The number of nitrogens with zero attached hydrogens (tertiary/aromatic N) is 2. The number of aromatic nitrogens is 2. The molecule has 2 fully saturated rings. The fourth-order valence-electron chi connectivity index (χ4n) is 4.47. The van der Waals surface area contributed by atoms with Gasteiger partial charge in [-0.05, 0) is 63.0 Å². The van der Waals surface area contributed by atoms with Crippen LogP contribution in [0.2, 0.25) is 5.15 Å². The summed E-state index contributed by atoms with van der Waals surface area (Å²) < 4.78 is 19.9. The van der Waals surface area contributed by atoms with Gasteiger partial charge in [0, 0.05) is 49.1 Å². The molecule has 180 valence electrons. The molecule has 1 unspecified atom stereocenters. The smallest absolute Gasteiger partial charge is 0.152 e. The molecule has 0 bridgehead atoms. The Bertz CT molecular complexity index is 946. The maximum Gasteiger partial charge on any atom is 0.152 e. The molecule has 0 saturated heterocycles. The second-order valence-electron chi connectivity index (χ2n) is 9.99. The van der Waals surface area contributed by atoms with E-state index in [4.69, 9.17) is 16.3 Å². The summed E-state index contributed by atoms with van der Waals surface area (Å²) in [6.45, 7) is 5.95. The van der Waals surface area contributed by atoms with Crippen molar-refractivity contribution in [1.82, 2.24) is 15.3 Å². The van der Waals surface area contributed by atoms with Crippen molar-refractivity contribution in [2.24, 2.45) is 5.41 Å². The highest BCUT2D eigenvalue weighted by molar-refractivity contribution is 6.32. The number of methoxy groups -OCH3 is 1. The largest absolute Gasteiger partial charge is 0.383 e. The highest BCUT2D eigenvalue weighted by Crippen LogP contribution is 2.45. The molecule has 8 heteroatoms. The molecule has 6 nitrogen and oxygen atoms in total. The van der Waals surface area contributed by atoms with Crippen LogP contribution in [0.3, 0.4) is 0 Å². The molecule has 4 rings (SSSR count). The van der Waals surface area contributed by atoms with Gasteiger partial charge in [0.2, 0.25) is 0 Å². The van der Waals surface area contributed by atoms with Crippen LogP contribution in [-0.2, 0) is 4.74 Å². The second-order valence-corrected chi connectivity index (χ2v) is 10.3. The summed E-state index contributed by atoms with van der Waals surface area (Å²) >= 11 is 6.29. The van der Waals surface area contributed by atoms with E-state index in [1.807, 2.05) is 6.07 Å². The highest BCUT2D eigenvalue weighted by Gasteiger charge is 2.36. The highest BCUT2D eigenvalue weighted by atomic mass is 35.5. The molecule has 33 heavy (non-hydrogen) atoms. The fraction of sp³-hybridized carbons (Fsp3) is 0.600. The number of hydrogen-bond donors (Lipinski definition) is 3. The number of hydrogen-bond acceptors (Lipinski definition) is 6. The van der Waals surface area contributed by atoms with Crippen LogP contribution in [0.1, 0.15) is 52.4 Å². The number of nitrogens with one attached hydrogen (secondary N) is 3. The Kier molecular flexibility index (Phi) is 7.72. The van der Waals surface area contributed by atoms with Gasteiger partial charge in [-0.3, -0.25) is 0 Å². The summed E-state index contributed by atoms with van der Waals surface area (Å²) in [5.41, 5.74) is 2.22. The predicted octanol–water partition coefficient (Wildman–Crippen LogP) is 5.50. The van der Waals surface area contributed by atoms with Gasteiger partial charge in [0.15, 0.2) is 5.15 Å². The molecule has 0 radical (unpaired) electrons. The van der Waals surface area contributed by atoms with Crippen LogP contribution < -0.4 is 16.0 Å². The molecule has 2 aromatic rings. The van der Waals surface area contributed by atoms with Crippen molar-refractivity contribution >= 4 is 23.1 Å². The lowest BCUT2D eigenvalue weighted by molar-refractivity contribution is 0.161. The minimum absolute atomic E-state index is 0.325. The Labute approximate surface area is 201 Å². The van der Waals surface area contributed by atoms with E-state index in [0.717, 1.165) is 44.5 Å². The average Bonchev–Trinajstić information content (AvgIpc) is 3.53. The first kappa shape index (κ1) is 24.2. The second kappa shape index (κ2) is 10.5. The summed E-state index contributed by atoms with van der Waals surface area (Å²) in [7, 11) is 1.73. The predicted molar refractivity (Wildman–Crippen MR) is 132 cm³/mol. The molecule has 1 atom stereocenters. The Morgan fingerprint density at radius 1 is 1.15 bits per heavy atom. The zero-order valence-electron chi connectivity index (χ0n) is 19.8. The number of anilines is 2. The zero-order chi connectivity index (χ0) is 23.4. The van der Waals surface area contributed by atoms with E-state index in [-0.39, 0.29) is 5.82 Å². The van der Waals surface area contributed by atoms with E-state index < -0.39 is 0 Å². The normalized spacial score (nSPS) is 22.6. The van der Waals surface area contributed by atoms with Gasteiger partial charge < -0.3 is 20.7 Å². The number of rotatable bonds is 10.